The Morgan fingerprint density at radius 1 is 1.16 bits per heavy atom. The third-order valence-electron chi connectivity index (χ3n) is 7.81. The number of benzene rings is 1. The summed E-state index contributed by atoms with van der Waals surface area (Å²) in [6.07, 6.45) is 2.97. The zero-order valence-corrected chi connectivity index (χ0v) is 19.4. The first-order valence-electron chi connectivity index (χ1n) is 11.7. The Kier molecular flexibility index (Phi) is 6.60. The first kappa shape index (κ1) is 22.8. The number of piperazine rings is 1. The third-order valence-corrected chi connectivity index (χ3v) is 7.81. The van der Waals surface area contributed by atoms with Crippen LogP contribution in [0.1, 0.15) is 32.6 Å². The highest BCUT2D eigenvalue weighted by atomic mass is 19.1. The van der Waals surface area contributed by atoms with Gasteiger partial charge in [-0.2, -0.15) is 0 Å². The summed E-state index contributed by atoms with van der Waals surface area (Å²) in [7, 11) is 3.34. The molecule has 0 aromatic heterocycles. The number of rotatable bonds is 4. The van der Waals surface area contributed by atoms with Gasteiger partial charge in [0.1, 0.15) is 5.82 Å². The summed E-state index contributed by atoms with van der Waals surface area (Å²) in [4.78, 5) is 33.4. The number of anilines is 1. The first-order chi connectivity index (χ1) is 15.3. The van der Waals surface area contributed by atoms with E-state index in [1.165, 1.54) is 19.2 Å². The average molecular weight is 447 g/mol. The van der Waals surface area contributed by atoms with Gasteiger partial charge in [0.2, 0.25) is 5.91 Å². The smallest absolute Gasteiger partial charge is 0.409 e. The molecule has 3 heterocycles. The molecule has 176 valence electrons. The van der Waals surface area contributed by atoms with Gasteiger partial charge in [-0.3, -0.25) is 9.69 Å². The van der Waals surface area contributed by atoms with Gasteiger partial charge < -0.3 is 19.4 Å². The lowest BCUT2D eigenvalue weighted by Crippen LogP contribution is -2.52. The molecule has 8 heteroatoms. The van der Waals surface area contributed by atoms with Gasteiger partial charge in [-0.05, 0) is 56.9 Å². The predicted octanol–water partition coefficient (Wildman–Crippen LogP) is 2.81. The highest BCUT2D eigenvalue weighted by Crippen LogP contribution is 2.44. The summed E-state index contributed by atoms with van der Waals surface area (Å²) in [5.41, 5.74) is 0.746. The van der Waals surface area contributed by atoms with Crippen molar-refractivity contribution in [2.24, 2.45) is 5.41 Å². The maximum absolute atomic E-state index is 13.2. The Balaban J connectivity index is 1.29. The van der Waals surface area contributed by atoms with Gasteiger partial charge in [0, 0.05) is 64.1 Å². The van der Waals surface area contributed by atoms with Gasteiger partial charge in [-0.1, -0.05) is 0 Å². The monoisotopic (exact) mass is 446 g/mol. The Hall–Kier alpha value is -2.35. The van der Waals surface area contributed by atoms with Crippen molar-refractivity contribution in [2.45, 2.75) is 44.7 Å². The summed E-state index contributed by atoms with van der Waals surface area (Å²) in [5, 5.41) is 0. The highest BCUT2D eigenvalue weighted by Gasteiger charge is 2.51. The number of carbonyl (C=O) groups excluding carboxylic acids is 2. The van der Waals surface area contributed by atoms with Crippen molar-refractivity contribution < 1.29 is 18.7 Å². The van der Waals surface area contributed by atoms with E-state index in [1.807, 2.05) is 24.1 Å². The van der Waals surface area contributed by atoms with Crippen molar-refractivity contribution in [1.29, 1.82) is 0 Å². The minimum Gasteiger partial charge on any atom is -0.453 e. The van der Waals surface area contributed by atoms with Gasteiger partial charge in [0.25, 0.3) is 0 Å². The van der Waals surface area contributed by atoms with Crippen LogP contribution in [0.15, 0.2) is 24.3 Å². The molecule has 1 spiro atoms. The van der Waals surface area contributed by atoms with Crippen LogP contribution in [-0.4, -0.2) is 92.2 Å². The molecule has 32 heavy (non-hydrogen) atoms. The van der Waals surface area contributed by atoms with Gasteiger partial charge in [0.05, 0.1) is 12.5 Å². The number of hydrogen-bond donors (Lipinski definition) is 0. The molecular weight excluding hydrogens is 411 g/mol. The number of carbonyl (C=O) groups is 2. The topological polar surface area (TPSA) is 56.3 Å². The molecule has 2 atom stereocenters. The number of methoxy groups -OCH3 is 1. The fourth-order valence-electron chi connectivity index (χ4n) is 5.70. The number of amides is 2. The number of piperidine rings is 1. The quantitative estimate of drug-likeness (QED) is 0.712. The van der Waals surface area contributed by atoms with Crippen molar-refractivity contribution >= 4 is 17.7 Å². The van der Waals surface area contributed by atoms with Crippen molar-refractivity contribution in [3.8, 4) is 0 Å². The Morgan fingerprint density at radius 2 is 1.84 bits per heavy atom. The molecule has 1 aromatic rings. The molecule has 1 aromatic carbocycles. The minimum absolute atomic E-state index is 0.204. The number of ether oxygens (including phenoxy) is 1. The molecule has 4 rings (SSSR count). The molecule has 7 nitrogen and oxygen atoms in total. The zero-order chi connectivity index (χ0) is 22.9. The zero-order valence-electron chi connectivity index (χ0n) is 19.4. The van der Waals surface area contributed by atoms with Crippen molar-refractivity contribution in [3.63, 3.8) is 0 Å². The molecule has 0 unspecified atom stereocenters. The van der Waals surface area contributed by atoms with Crippen LogP contribution in [0.25, 0.3) is 0 Å². The first-order valence-corrected chi connectivity index (χ1v) is 11.7. The molecule has 0 radical (unpaired) electrons. The molecule has 0 saturated carbocycles. The molecule has 0 bridgehead atoms. The van der Waals surface area contributed by atoms with E-state index in [-0.39, 0.29) is 29.3 Å². The second kappa shape index (κ2) is 9.25. The lowest BCUT2D eigenvalue weighted by atomic mass is 9.76. The van der Waals surface area contributed by atoms with E-state index in [2.05, 4.69) is 16.7 Å². The third kappa shape index (κ3) is 4.42. The van der Waals surface area contributed by atoms with E-state index in [0.29, 0.717) is 32.0 Å². The van der Waals surface area contributed by atoms with Gasteiger partial charge in [0.15, 0.2) is 0 Å². The summed E-state index contributed by atoms with van der Waals surface area (Å²) >= 11 is 0. The van der Waals surface area contributed by atoms with E-state index >= 15 is 0 Å². The maximum atomic E-state index is 13.2. The van der Waals surface area contributed by atoms with E-state index < -0.39 is 0 Å². The van der Waals surface area contributed by atoms with Crippen LogP contribution in [-0.2, 0) is 9.53 Å². The standard InChI is InChI=1S/C24H35FN4O3/c1-18-17-29(20-6-4-19(25)5-7-20)15-14-27(18)11-8-21-16-24(22(30)26(21)2)9-12-28(13-10-24)23(31)32-3/h4-7,18,21H,8-17H2,1-3H3/t18-,21-/m0/s1. The molecule has 3 fully saturated rings. The van der Waals surface area contributed by atoms with E-state index in [9.17, 15) is 14.0 Å². The summed E-state index contributed by atoms with van der Waals surface area (Å²) in [6, 6.07) is 7.38. The summed E-state index contributed by atoms with van der Waals surface area (Å²) < 4.78 is 18.1. The van der Waals surface area contributed by atoms with Gasteiger partial charge >= 0.3 is 6.09 Å². The van der Waals surface area contributed by atoms with E-state index in [4.69, 9.17) is 4.74 Å². The van der Waals surface area contributed by atoms with Crippen LogP contribution in [0.5, 0.6) is 0 Å². The number of nitrogens with zero attached hydrogens (tertiary/aromatic N) is 4. The van der Waals surface area contributed by atoms with Crippen LogP contribution in [0, 0.1) is 11.2 Å². The number of halogens is 1. The second-order valence-electron chi connectivity index (χ2n) is 9.61. The predicted molar refractivity (Wildman–Crippen MR) is 121 cm³/mol. The van der Waals surface area contributed by atoms with Crippen molar-refractivity contribution in [3.05, 3.63) is 30.1 Å². The van der Waals surface area contributed by atoms with Crippen LogP contribution in [0.4, 0.5) is 14.9 Å². The molecule has 0 aliphatic carbocycles. The summed E-state index contributed by atoms with van der Waals surface area (Å²) in [6.45, 7) is 7.17. The van der Waals surface area contributed by atoms with Crippen LogP contribution < -0.4 is 4.90 Å². The highest BCUT2D eigenvalue weighted by molar-refractivity contribution is 5.85. The molecule has 2 amide bonds. The largest absolute Gasteiger partial charge is 0.453 e. The number of likely N-dealkylation sites (tertiary alicyclic amines) is 2. The van der Waals surface area contributed by atoms with Crippen molar-refractivity contribution in [1.82, 2.24) is 14.7 Å². The molecular formula is C24H35FN4O3. The van der Waals surface area contributed by atoms with Gasteiger partial charge in [-0.25, -0.2) is 9.18 Å². The Morgan fingerprint density at radius 3 is 2.47 bits per heavy atom. The lowest BCUT2D eigenvalue weighted by Gasteiger charge is -2.41. The fourth-order valence-corrected chi connectivity index (χ4v) is 5.70. The van der Waals surface area contributed by atoms with Crippen molar-refractivity contribution in [2.75, 3.05) is 58.3 Å². The molecule has 3 saturated heterocycles. The maximum Gasteiger partial charge on any atom is 0.409 e. The SMILES string of the molecule is COC(=O)N1CCC2(CC1)C[C@H](CCN1CCN(c3ccc(F)cc3)C[C@@H]1C)N(C)C2=O. The van der Waals surface area contributed by atoms with Crippen LogP contribution in [0.2, 0.25) is 0 Å². The second-order valence-corrected chi connectivity index (χ2v) is 9.61. The van der Waals surface area contributed by atoms with E-state index in [0.717, 1.165) is 44.7 Å². The average Bonchev–Trinajstić information content (AvgIpc) is 3.03. The molecule has 3 aliphatic heterocycles. The van der Waals surface area contributed by atoms with Crippen LogP contribution >= 0.6 is 0 Å². The summed E-state index contributed by atoms with van der Waals surface area (Å²) in [5.74, 6) is 0.0330. The lowest BCUT2D eigenvalue weighted by molar-refractivity contribution is -0.137. The van der Waals surface area contributed by atoms with Crippen LogP contribution in [0.3, 0.4) is 0 Å². The Bertz CT molecular complexity index is 825. The normalized spacial score (nSPS) is 26.1. The minimum atomic E-state index is -0.323. The van der Waals surface area contributed by atoms with E-state index in [1.54, 1.807) is 4.90 Å². The fraction of sp³-hybridized carbons (Fsp3) is 0.667. The Labute approximate surface area is 190 Å². The molecule has 0 N–H and O–H groups in total. The van der Waals surface area contributed by atoms with Gasteiger partial charge in [-0.15, -0.1) is 0 Å². The number of hydrogen-bond acceptors (Lipinski definition) is 5. The molecule has 3 aliphatic rings.